The molecule has 0 atom stereocenters. The van der Waals surface area contributed by atoms with Gasteiger partial charge in [0, 0.05) is 3.57 Å². The molecule has 0 aliphatic heterocycles. The van der Waals surface area contributed by atoms with E-state index in [1.807, 2.05) is 12.1 Å². The van der Waals surface area contributed by atoms with Gasteiger partial charge in [-0.05, 0) is 46.9 Å². The van der Waals surface area contributed by atoms with Gasteiger partial charge >= 0.3 is 0 Å². The Bertz CT molecular complexity index is 268. The second-order valence-electron chi connectivity index (χ2n) is 2.11. The summed E-state index contributed by atoms with van der Waals surface area (Å²) in [6.07, 6.45) is 0. The Morgan fingerprint density at radius 3 is 2.50 bits per heavy atom. The number of rotatable bonds is 3. The van der Waals surface area contributed by atoms with Crippen LogP contribution < -0.4 is 9.84 Å². The lowest BCUT2D eigenvalue weighted by Crippen LogP contribution is -2.28. The molecule has 0 fully saturated rings. The first-order chi connectivity index (χ1) is 5.68. The lowest BCUT2D eigenvalue weighted by molar-refractivity contribution is -0.307. The van der Waals surface area contributed by atoms with Gasteiger partial charge in [-0.2, -0.15) is 0 Å². The van der Waals surface area contributed by atoms with Crippen LogP contribution in [0.4, 0.5) is 0 Å². The number of ether oxygens (including phenoxy) is 1. The fourth-order valence-electron chi connectivity index (χ4n) is 0.673. The molecule has 64 valence electrons. The molecule has 0 amide bonds. The van der Waals surface area contributed by atoms with E-state index in [1.54, 1.807) is 12.1 Å². The summed E-state index contributed by atoms with van der Waals surface area (Å²) in [5.74, 6) is -0.673. The monoisotopic (exact) mass is 277 g/mol. The van der Waals surface area contributed by atoms with E-state index in [4.69, 9.17) is 4.74 Å². The van der Waals surface area contributed by atoms with Crippen LogP contribution in [0.3, 0.4) is 0 Å². The molecule has 0 unspecified atom stereocenters. The predicted octanol–water partition coefficient (Wildman–Crippen LogP) is 0.420. The van der Waals surface area contributed by atoms with Crippen molar-refractivity contribution in [2.75, 3.05) is 6.61 Å². The van der Waals surface area contributed by atoms with Gasteiger partial charge in [0.15, 0.2) is 0 Å². The zero-order valence-corrected chi connectivity index (χ0v) is 8.28. The molecule has 0 N–H and O–H groups in total. The third-order valence-corrected chi connectivity index (χ3v) is 1.89. The van der Waals surface area contributed by atoms with E-state index in [-0.39, 0.29) is 0 Å². The van der Waals surface area contributed by atoms with E-state index in [2.05, 4.69) is 22.6 Å². The molecule has 1 aromatic carbocycles. The minimum atomic E-state index is -1.21. The number of aliphatic carboxylic acids is 1. The molecule has 1 rings (SSSR count). The van der Waals surface area contributed by atoms with Crippen molar-refractivity contribution in [3.63, 3.8) is 0 Å². The molecular weight excluding hydrogens is 271 g/mol. The second kappa shape index (κ2) is 4.30. The number of halogens is 1. The summed E-state index contributed by atoms with van der Waals surface area (Å²) in [6.45, 7) is -0.402. The molecule has 0 aliphatic carbocycles. The molecule has 1 aromatic rings. The summed E-state index contributed by atoms with van der Waals surface area (Å²) in [7, 11) is 0. The minimum absolute atomic E-state index is 0.402. The number of carbonyl (C=O) groups excluding carboxylic acids is 1. The van der Waals surface area contributed by atoms with Gasteiger partial charge in [-0.15, -0.1) is 0 Å². The van der Waals surface area contributed by atoms with Crippen molar-refractivity contribution in [3.05, 3.63) is 27.8 Å². The zero-order chi connectivity index (χ0) is 8.97. The fourth-order valence-corrected chi connectivity index (χ4v) is 1.03. The third-order valence-electron chi connectivity index (χ3n) is 1.17. The van der Waals surface area contributed by atoms with E-state index in [9.17, 15) is 9.90 Å². The molecule has 0 aromatic heterocycles. The van der Waals surface area contributed by atoms with Crippen LogP contribution in [0.5, 0.6) is 5.75 Å². The Morgan fingerprint density at radius 1 is 1.42 bits per heavy atom. The number of carboxylic acids is 1. The fraction of sp³-hybridized carbons (Fsp3) is 0.125. The first-order valence-corrected chi connectivity index (χ1v) is 4.34. The molecule has 4 heteroatoms. The highest BCUT2D eigenvalue weighted by Crippen LogP contribution is 2.12. The maximum absolute atomic E-state index is 10.0. The Balaban J connectivity index is 2.53. The van der Waals surface area contributed by atoms with E-state index in [0.717, 1.165) is 3.57 Å². The van der Waals surface area contributed by atoms with Crippen LogP contribution in [-0.4, -0.2) is 12.6 Å². The second-order valence-corrected chi connectivity index (χ2v) is 3.36. The standard InChI is InChI=1S/C8H7IO3/c9-6-1-3-7(4-2-6)12-5-8(10)11/h1-4H,5H2,(H,10,11)/p-1. The number of carbonyl (C=O) groups is 1. The van der Waals surface area contributed by atoms with E-state index < -0.39 is 12.6 Å². The Morgan fingerprint density at radius 2 is 2.00 bits per heavy atom. The molecule has 0 spiro atoms. The molecule has 0 radical (unpaired) electrons. The van der Waals surface area contributed by atoms with Crippen LogP contribution in [0.15, 0.2) is 24.3 Å². The molecule has 3 nitrogen and oxygen atoms in total. The molecule has 12 heavy (non-hydrogen) atoms. The highest BCUT2D eigenvalue weighted by atomic mass is 127. The van der Waals surface area contributed by atoms with Crippen LogP contribution in [0.1, 0.15) is 0 Å². The van der Waals surface area contributed by atoms with E-state index in [1.165, 1.54) is 0 Å². The maximum Gasteiger partial charge on any atom is 0.128 e. The van der Waals surface area contributed by atoms with Gasteiger partial charge in [0.05, 0.1) is 5.97 Å². The van der Waals surface area contributed by atoms with Gasteiger partial charge in [0.25, 0.3) is 0 Å². The number of hydrogen-bond acceptors (Lipinski definition) is 3. The van der Waals surface area contributed by atoms with Crippen molar-refractivity contribution in [1.82, 2.24) is 0 Å². The average Bonchev–Trinajstić information content (AvgIpc) is 2.03. The Labute approximate surface area is 83.5 Å². The zero-order valence-electron chi connectivity index (χ0n) is 6.12. The van der Waals surface area contributed by atoms with Gasteiger partial charge in [-0.3, -0.25) is 0 Å². The Kier molecular flexibility index (Phi) is 3.33. The topological polar surface area (TPSA) is 49.4 Å². The summed E-state index contributed by atoms with van der Waals surface area (Å²) in [4.78, 5) is 10.0. The van der Waals surface area contributed by atoms with Crippen molar-refractivity contribution >= 4 is 28.6 Å². The van der Waals surface area contributed by atoms with Gasteiger partial charge in [-0.25, -0.2) is 0 Å². The molecule has 0 bridgehead atoms. The highest BCUT2D eigenvalue weighted by Gasteiger charge is 1.92. The average molecular weight is 277 g/mol. The van der Waals surface area contributed by atoms with Crippen LogP contribution >= 0.6 is 22.6 Å². The highest BCUT2D eigenvalue weighted by molar-refractivity contribution is 14.1. The number of carboxylic acid groups (broad SMARTS) is 1. The summed E-state index contributed by atoms with van der Waals surface area (Å²) in [5, 5.41) is 10.0. The van der Waals surface area contributed by atoms with Crippen LogP contribution in [-0.2, 0) is 4.79 Å². The van der Waals surface area contributed by atoms with Gasteiger partial charge < -0.3 is 14.6 Å². The molecular formula is C8H6IO3-. The number of benzene rings is 1. The van der Waals surface area contributed by atoms with Crippen LogP contribution in [0.25, 0.3) is 0 Å². The maximum atomic E-state index is 10.0. The molecule has 0 saturated heterocycles. The van der Waals surface area contributed by atoms with Crippen molar-refractivity contribution < 1.29 is 14.6 Å². The normalized spacial score (nSPS) is 9.42. The lowest BCUT2D eigenvalue weighted by atomic mass is 10.3. The third kappa shape index (κ3) is 3.08. The van der Waals surface area contributed by atoms with E-state index >= 15 is 0 Å². The van der Waals surface area contributed by atoms with Crippen molar-refractivity contribution in [2.45, 2.75) is 0 Å². The van der Waals surface area contributed by atoms with Gasteiger partial charge in [-0.1, -0.05) is 0 Å². The quantitative estimate of drug-likeness (QED) is 0.752. The van der Waals surface area contributed by atoms with Crippen molar-refractivity contribution in [2.24, 2.45) is 0 Å². The molecule has 0 saturated carbocycles. The summed E-state index contributed by atoms with van der Waals surface area (Å²) >= 11 is 2.15. The largest absolute Gasteiger partial charge is 0.546 e. The first kappa shape index (κ1) is 9.31. The smallest absolute Gasteiger partial charge is 0.128 e. The summed E-state index contributed by atoms with van der Waals surface area (Å²) in [6, 6.07) is 7.10. The van der Waals surface area contributed by atoms with Crippen LogP contribution in [0, 0.1) is 3.57 Å². The van der Waals surface area contributed by atoms with Crippen molar-refractivity contribution in [1.29, 1.82) is 0 Å². The predicted molar refractivity (Wildman–Crippen MR) is 49.7 cm³/mol. The summed E-state index contributed by atoms with van der Waals surface area (Å²) in [5.41, 5.74) is 0. The number of hydrogen-bond donors (Lipinski definition) is 0. The molecule has 0 heterocycles. The minimum Gasteiger partial charge on any atom is -0.546 e. The first-order valence-electron chi connectivity index (χ1n) is 3.26. The van der Waals surface area contributed by atoms with Gasteiger partial charge in [0.1, 0.15) is 12.4 Å². The SMILES string of the molecule is O=C([O-])COc1ccc(I)cc1. The van der Waals surface area contributed by atoms with Crippen molar-refractivity contribution in [3.8, 4) is 5.75 Å². The van der Waals surface area contributed by atoms with E-state index in [0.29, 0.717) is 5.75 Å². The van der Waals surface area contributed by atoms with Gasteiger partial charge in [0.2, 0.25) is 0 Å². The summed E-state index contributed by atoms with van der Waals surface area (Å²) < 4.78 is 5.93. The van der Waals surface area contributed by atoms with Crippen LogP contribution in [0.2, 0.25) is 0 Å². The Hall–Kier alpha value is -0.780. The lowest BCUT2D eigenvalue weighted by Gasteiger charge is -2.05. The molecule has 0 aliphatic rings.